The topological polar surface area (TPSA) is 87.3 Å². The third-order valence-corrected chi connectivity index (χ3v) is 6.33. The summed E-state index contributed by atoms with van der Waals surface area (Å²) >= 11 is 0. The molecule has 0 aliphatic heterocycles. The molecule has 7 heteroatoms. The minimum absolute atomic E-state index is 0.0463. The highest BCUT2D eigenvalue weighted by Crippen LogP contribution is 2.21. The van der Waals surface area contributed by atoms with Crippen LogP contribution in [0, 0.1) is 0 Å². The van der Waals surface area contributed by atoms with Crippen molar-refractivity contribution in [2.24, 2.45) is 0 Å². The van der Waals surface area contributed by atoms with Gasteiger partial charge in [-0.15, -0.1) is 0 Å². The maximum atomic E-state index is 12.3. The van der Waals surface area contributed by atoms with Crippen LogP contribution in [-0.2, 0) is 10.0 Å². The number of sulfonamides is 1. The first-order chi connectivity index (χ1) is 11.5. The van der Waals surface area contributed by atoms with Crippen LogP contribution in [0.4, 0.5) is 10.5 Å². The minimum Gasteiger partial charge on any atom is -0.335 e. The molecule has 132 valence electrons. The van der Waals surface area contributed by atoms with Crippen molar-refractivity contribution in [2.45, 2.75) is 68.3 Å². The van der Waals surface area contributed by atoms with Crippen LogP contribution in [0.1, 0.15) is 51.4 Å². The molecule has 3 rings (SSSR count). The molecule has 2 amide bonds. The zero-order valence-corrected chi connectivity index (χ0v) is 14.6. The van der Waals surface area contributed by atoms with Gasteiger partial charge in [-0.05, 0) is 49.9 Å². The summed E-state index contributed by atoms with van der Waals surface area (Å²) in [6, 6.07) is 6.37. The summed E-state index contributed by atoms with van der Waals surface area (Å²) < 4.78 is 27.4. The molecule has 2 aliphatic carbocycles. The first-order valence-corrected chi connectivity index (χ1v) is 10.2. The van der Waals surface area contributed by atoms with Gasteiger partial charge in [-0.2, -0.15) is 0 Å². The van der Waals surface area contributed by atoms with Crippen LogP contribution >= 0.6 is 0 Å². The van der Waals surface area contributed by atoms with Gasteiger partial charge < -0.3 is 10.6 Å². The highest BCUT2D eigenvalue weighted by atomic mass is 32.2. The summed E-state index contributed by atoms with van der Waals surface area (Å²) in [6.07, 6.45) is 8.32. The molecule has 0 heterocycles. The van der Waals surface area contributed by atoms with Crippen LogP contribution in [0.5, 0.6) is 0 Å². The third kappa shape index (κ3) is 4.48. The van der Waals surface area contributed by atoms with Gasteiger partial charge in [-0.1, -0.05) is 25.7 Å². The summed E-state index contributed by atoms with van der Waals surface area (Å²) in [6.45, 7) is 0. The number of anilines is 1. The lowest BCUT2D eigenvalue weighted by atomic mass is 10.2. The highest BCUT2D eigenvalue weighted by Gasteiger charge is 2.23. The zero-order valence-electron chi connectivity index (χ0n) is 13.8. The fourth-order valence-corrected chi connectivity index (χ4v) is 4.78. The lowest BCUT2D eigenvalue weighted by Crippen LogP contribution is -2.36. The van der Waals surface area contributed by atoms with E-state index in [9.17, 15) is 13.2 Å². The molecule has 2 fully saturated rings. The molecule has 6 nitrogen and oxygen atoms in total. The number of urea groups is 1. The fourth-order valence-electron chi connectivity index (χ4n) is 3.47. The van der Waals surface area contributed by atoms with E-state index in [-0.39, 0.29) is 23.0 Å². The number of nitrogens with one attached hydrogen (secondary N) is 3. The SMILES string of the molecule is O=C(Nc1ccc(S(=O)(=O)NC2CCCC2)cc1)NC1CCCC1. The molecule has 0 atom stereocenters. The van der Waals surface area contributed by atoms with Crippen molar-refractivity contribution in [3.05, 3.63) is 24.3 Å². The van der Waals surface area contributed by atoms with Crippen molar-refractivity contribution in [1.82, 2.24) is 10.0 Å². The predicted octanol–water partition coefficient (Wildman–Crippen LogP) is 2.97. The zero-order chi connectivity index (χ0) is 17.0. The minimum atomic E-state index is -3.49. The predicted molar refractivity (Wildman–Crippen MR) is 93.4 cm³/mol. The summed E-state index contributed by atoms with van der Waals surface area (Å²) in [5.74, 6) is 0. The van der Waals surface area contributed by atoms with Crippen molar-refractivity contribution >= 4 is 21.7 Å². The lowest BCUT2D eigenvalue weighted by molar-refractivity contribution is 0.248. The molecular formula is C17H25N3O3S. The van der Waals surface area contributed by atoms with Crippen LogP contribution in [0.2, 0.25) is 0 Å². The fraction of sp³-hybridized carbons (Fsp3) is 0.588. The van der Waals surface area contributed by atoms with Crippen LogP contribution in [0.3, 0.4) is 0 Å². The largest absolute Gasteiger partial charge is 0.335 e. The Labute approximate surface area is 143 Å². The van der Waals surface area contributed by atoms with E-state index < -0.39 is 10.0 Å². The van der Waals surface area contributed by atoms with Crippen LogP contribution in [0.25, 0.3) is 0 Å². The number of benzene rings is 1. The number of hydrogen-bond donors (Lipinski definition) is 3. The average Bonchev–Trinajstić information content (AvgIpc) is 3.21. The van der Waals surface area contributed by atoms with Gasteiger partial charge in [0.2, 0.25) is 10.0 Å². The summed E-state index contributed by atoms with van der Waals surface area (Å²) in [4.78, 5) is 12.2. The standard InChI is InChI=1S/C17H25N3O3S/c21-17(18-13-5-1-2-6-13)19-14-9-11-16(12-10-14)24(22,23)20-15-7-3-4-8-15/h9-13,15,20H,1-8H2,(H2,18,19,21). The Balaban J connectivity index is 1.56. The van der Waals surface area contributed by atoms with E-state index in [1.807, 2.05) is 0 Å². The van der Waals surface area contributed by atoms with E-state index in [1.54, 1.807) is 12.1 Å². The Morgan fingerprint density at radius 1 is 0.875 bits per heavy atom. The molecule has 0 saturated heterocycles. The summed E-state index contributed by atoms with van der Waals surface area (Å²) in [5, 5.41) is 5.70. The number of carbonyl (C=O) groups excluding carboxylic acids is 1. The van der Waals surface area contributed by atoms with Crippen LogP contribution < -0.4 is 15.4 Å². The smallest absolute Gasteiger partial charge is 0.319 e. The van der Waals surface area contributed by atoms with E-state index in [4.69, 9.17) is 0 Å². The van der Waals surface area contributed by atoms with Crippen molar-refractivity contribution in [3.63, 3.8) is 0 Å². The maximum Gasteiger partial charge on any atom is 0.319 e. The Bertz CT molecular complexity index is 661. The van der Waals surface area contributed by atoms with Gasteiger partial charge in [0.05, 0.1) is 4.90 Å². The normalized spacial score (nSPS) is 19.5. The lowest BCUT2D eigenvalue weighted by Gasteiger charge is -2.14. The summed E-state index contributed by atoms with van der Waals surface area (Å²) in [5.41, 5.74) is 0.588. The second-order valence-electron chi connectivity index (χ2n) is 6.71. The molecule has 3 N–H and O–H groups in total. The summed E-state index contributed by atoms with van der Waals surface area (Å²) in [7, 11) is -3.49. The molecule has 1 aromatic carbocycles. The first kappa shape index (κ1) is 17.2. The van der Waals surface area contributed by atoms with Crippen molar-refractivity contribution in [1.29, 1.82) is 0 Å². The number of rotatable bonds is 5. The Kier molecular flexibility index (Phi) is 5.40. The third-order valence-electron chi connectivity index (χ3n) is 4.79. The average molecular weight is 351 g/mol. The molecule has 1 aromatic rings. The van der Waals surface area contributed by atoms with Gasteiger partial charge in [-0.3, -0.25) is 0 Å². The number of hydrogen-bond acceptors (Lipinski definition) is 3. The van der Waals surface area contributed by atoms with Crippen molar-refractivity contribution in [2.75, 3.05) is 5.32 Å². The van der Waals surface area contributed by atoms with E-state index >= 15 is 0 Å². The molecule has 0 aromatic heterocycles. The van der Waals surface area contributed by atoms with Gasteiger partial charge in [0.1, 0.15) is 0 Å². The quantitative estimate of drug-likeness (QED) is 0.762. The molecule has 0 bridgehead atoms. The van der Waals surface area contributed by atoms with E-state index in [1.165, 1.54) is 12.1 Å². The van der Waals surface area contributed by atoms with Gasteiger partial charge in [-0.25, -0.2) is 17.9 Å². The Morgan fingerprint density at radius 2 is 1.42 bits per heavy atom. The number of carbonyl (C=O) groups is 1. The van der Waals surface area contributed by atoms with Gasteiger partial charge >= 0.3 is 6.03 Å². The van der Waals surface area contributed by atoms with Crippen LogP contribution in [0.15, 0.2) is 29.2 Å². The molecule has 0 spiro atoms. The monoisotopic (exact) mass is 351 g/mol. The second-order valence-corrected chi connectivity index (χ2v) is 8.42. The van der Waals surface area contributed by atoms with Crippen LogP contribution in [-0.4, -0.2) is 26.5 Å². The Morgan fingerprint density at radius 3 is 2.00 bits per heavy atom. The molecule has 2 aliphatic rings. The molecule has 24 heavy (non-hydrogen) atoms. The highest BCUT2D eigenvalue weighted by molar-refractivity contribution is 7.89. The van der Waals surface area contributed by atoms with Gasteiger partial charge in [0.15, 0.2) is 0 Å². The van der Waals surface area contributed by atoms with Crippen molar-refractivity contribution in [3.8, 4) is 0 Å². The molecule has 0 radical (unpaired) electrons. The molecule has 2 saturated carbocycles. The van der Waals surface area contributed by atoms with E-state index in [2.05, 4.69) is 15.4 Å². The second kappa shape index (κ2) is 7.53. The Hall–Kier alpha value is -1.60. The van der Waals surface area contributed by atoms with E-state index in [0.717, 1.165) is 51.4 Å². The molecular weight excluding hydrogens is 326 g/mol. The van der Waals surface area contributed by atoms with Gasteiger partial charge in [0.25, 0.3) is 0 Å². The van der Waals surface area contributed by atoms with E-state index in [0.29, 0.717) is 5.69 Å². The maximum absolute atomic E-state index is 12.3. The first-order valence-electron chi connectivity index (χ1n) is 8.73. The number of amides is 2. The van der Waals surface area contributed by atoms with Gasteiger partial charge in [0, 0.05) is 17.8 Å². The molecule has 0 unspecified atom stereocenters. The van der Waals surface area contributed by atoms with Crippen molar-refractivity contribution < 1.29 is 13.2 Å².